The molecule has 8 heteroatoms. The van der Waals surface area contributed by atoms with Crippen LogP contribution in [0.4, 0.5) is 0 Å². The van der Waals surface area contributed by atoms with E-state index in [-0.39, 0.29) is 17.1 Å². The zero-order valence-corrected chi connectivity index (χ0v) is 21.9. The SMILES string of the molecule is CCOc1ccc(-n2c(SCC(=O)c3ccc(Br)cc3)nc3sc4c(c3c2=O)CCCC4)cc1. The highest BCUT2D eigenvalue weighted by molar-refractivity contribution is 9.10. The lowest BCUT2D eigenvalue weighted by atomic mass is 9.97. The van der Waals surface area contributed by atoms with Gasteiger partial charge < -0.3 is 4.74 Å². The molecule has 2 aromatic heterocycles. The van der Waals surface area contributed by atoms with Gasteiger partial charge in [0.1, 0.15) is 10.6 Å². The number of thioether (sulfide) groups is 1. The smallest absolute Gasteiger partial charge is 0.267 e. The van der Waals surface area contributed by atoms with Gasteiger partial charge >= 0.3 is 0 Å². The first-order chi connectivity index (χ1) is 16.5. The number of hydrogen-bond acceptors (Lipinski definition) is 6. The molecule has 174 valence electrons. The molecule has 0 radical (unpaired) electrons. The minimum absolute atomic E-state index is 0.00411. The Balaban J connectivity index is 1.57. The molecule has 34 heavy (non-hydrogen) atoms. The Morgan fingerprint density at radius 1 is 1.12 bits per heavy atom. The highest BCUT2D eigenvalue weighted by Crippen LogP contribution is 2.35. The second kappa shape index (κ2) is 10.1. The van der Waals surface area contributed by atoms with Crippen LogP contribution in [0.2, 0.25) is 0 Å². The number of aromatic nitrogens is 2. The fraction of sp³-hybridized carbons (Fsp3) is 0.269. The van der Waals surface area contributed by atoms with E-state index in [0.717, 1.165) is 57.4 Å². The van der Waals surface area contributed by atoms with Crippen molar-refractivity contribution in [3.8, 4) is 11.4 Å². The van der Waals surface area contributed by atoms with Crippen molar-refractivity contribution in [1.82, 2.24) is 9.55 Å². The summed E-state index contributed by atoms with van der Waals surface area (Å²) >= 11 is 6.33. The van der Waals surface area contributed by atoms with Crippen LogP contribution in [-0.4, -0.2) is 27.7 Å². The van der Waals surface area contributed by atoms with E-state index in [2.05, 4.69) is 15.9 Å². The van der Waals surface area contributed by atoms with Gasteiger partial charge in [-0.15, -0.1) is 11.3 Å². The van der Waals surface area contributed by atoms with Crippen LogP contribution in [0.15, 0.2) is 63.0 Å². The van der Waals surface area contributed by atoms with Crippen LogP contribution in [0.1, 0.15) is 40.6 Å². The summed E-state index contributed by atoms with van der Waals surface area (Å²) in [6.45, 7) is 2.51. The molecule has 0 bridgehead atoms. The van der Waals surface area contributed by atoms with Crippen LogP contribution < -0.4 is 10.3 Å². The molecule has 0 atom stereocenters. The quantitative estimate of drug-likeness (QED) is 0.149. The fourth-order valence-corrected chi connectivity index (χ4v) is 6.69. The van der Waals surface area contributed by atoms with Crippen molar-refractivity contribution in [2.45, 2.75) is 37.8 Å². The first kappa shape index (κ1) is 23.3. The minimum Gasteiger partial charge on any atom is -0.494 e. The zero-order chi connectivity index (χ0) is 23.7. The molecule has 4 aromatic rings. The summed E-state index contributed by atoms with van der Waals surface area (Å²) in [5.74, 6) is 0.943. The molecule has 0 saturated carbocycles. The van der Waals surface area contributed by atoms with Gasteiger partial charge in [-0.25, -0.2) is 4.98 Å². The molecule has 1 aliphatic carbocycles. The molecule has 0 spiro atoms. The van der Waals surface area contributed by atoms with Crippen LogP contribution in [0.3, 0.4) is 0 Å². The van der Waals surface area contributed by atoms with E-state index >= 15 is 0 Å². The Kier molecular flexibility index (Phi) is 6.90. The maximum atomic E-state index is 13.8. The van der Waals surface area contributed by atoms with E-state index in [9.17, 15) is 9.59 Å². The molecule has 5 rings (SSSR count). The number of rotatable bonds is 7. The summed E-state index contributed by atoms with van der Waals surface area (Å²) in [7, 11) is 0. The second-order valence-corrected chi connectivity index (χ2v) is 11.0. The Bertz CT molecular complexity index is 1410. The van der Waals surface area contributed by atoms with E-state index in [1.165, 1.54) is 16.6 Å². The molecule has 2 heterocycles. The molecule has 0 unspecified atom stereocenters. The third-order valence-corrected chi connectivity index (χ3v) is 8.52. The van der Waals surface area contributed by atoms with E-state index in [0.29, 0.717) is 17.3 Å². The number of Topliss-reactive ketones (excluding diaryl/α,β-unsaturated/α-hetero) is 1. The molecule has 0 aliphatic heterocycles. The first-order valence-corrected chi connectivity index (χ1v) is 13.9. The van der Waals surface area contributed by atoms with Gasteiger partial charge in [0.25, 0.3) is 5.56 Å². The molecule has 0 saturated heterocycles. The van der Waals surface area contributed by atoms with Gasteiger partial charge in [-0.1, -0.05) is 39.8 Å². The van der Waals surface area contributed by atoms with Crippen LogP contribution in [0.5, 0.6) is 5.75 Å². The van der Waals surface area contributed by atoms with Crippen molar-refractivity contribution in [3.05, 3.63) is 79.4 Å². The van der Waals surface area contributed by atoms with Crippen molar-refractivity contribution in [3.63, 3.8) is 0 Å². The van der Waals surface area contributed by atoms with E-state index < -0.39 is 0 Å². The van der Waals surface area contributed by atoms with Crippen LogP contribution in [0, 0.1) is 0 Å². The highest BCUT2D eigenvalue weighted by atomic mass is 79.9. The van der Waals surface area contributed by atoms with Crippen LogP contribution in [-0.2, 0) is 12.8 Å². The van der Waals surface area contributed by atoms with Gasteiger partial charge in [-0.05, 0) is 74.6 Å². The number of halogens is 1. The molecular formula is C26H23BrN2O3S2. The standard InChI is InChI=1S/C26H23BrN2O3S2/c1-2-32-19-13-11-18(12-14-19)29-25(31)23-20-5-3-4-6-22(20)34-24(23)28-26(29)33-15-21(30)16-7-9-17(27)10-8-16/h7-14H,2-6,15H2,1H3. The summed E-state index contributed by atoms with van der Waals surface area (Å²) in [5, 5.41) is 1.27. The zero-order valence-electron chi connectivity index (χ0n) is 18.7. The van der Waals surface area contributed by atoms with Crippen LogP contribution >= 0.6 is 39.0 Å². The topological polar surface area (TPSA) is 61.2 Å². The highest BCUT2D eigenvalue weighted by Gasteiger charge is 2.23. The number of fused-ring (bicyclic) bond motifs is 3. The Morgan fingerprint density at radius 3 is 2.59 bits per heavy atom. The molecule has 1 aliphatic rings. The Morgan fingerprint density at radius 2 is 1.85 bits per heavy atom. The summed E-state index contributed by atoms with van der Waals surface area (Å²) in [4.78, 5) is 33.6. The van der Waals surface area contributed by atoms with Crippen molar-refractivity contribution in [2.24, 2.45) is 0 Å². The van der Waals surface area contributed by atoms with Gasteiger partial charge in [0.15, 0.2) is 10.9 Å². The number of carbonyl (C=O) groups excluding carboxylic acids is 1. The number of carbonyl (C=O) groups is 1. The molecule has 2 aromatic carbocycles. The summed E-state index contributed by atoms with van der Waals surface area (Å²) in [6, 6.07) is 14.8. The number of thiophene rings is 1. The minimum atomic E-state index is -0.0628. The fourth-order valence-electron chi connectivity index (χ4n) is 4.22. The van der Waals surface area contributed by atoms with Crippen LogP contribution in [0.25, 0.3) is 15.9 Å². The first-order valence-electron chi connectivity index (χ1n) is 11.3. The number of aryl methyl sites for hydroxylation is 2. The summed E-state index contributed by atoms with van der Waals surface area (Å²) in [5.41, 5.74) is 2.45. The molecule has 5 nitrogen and oxygen atoms in total. The number of nitrogens with zero attached hydrogens (tertiary/aromatic N) is 2. The van der Waals surface area contributed by atoms with Gasteiger partial charge in [0, 0.05) is 14.9 Å². The van der Waals surface area contributed by atoms with Crippen molar-refractivity contribution in [1.29, 1.82) is 0 Å². The molecular weight excluding hydrogens is 532 g/mol. The molecule has 0 fully saturated rings. The Labute approximate surface area is 214 Å². The van der Waals surface area contributed by atoms with Crippen molar-refractivity contribution < 1.29 is 9.53 Å². The number of hydrogen-bond donors (Lipinski definition) is 0. The van der Waals surface area contributed by atoms with Gasteiger partial charge in [-0.3, -0.25) is 14.2 Å². The van der Waals surface area contributed by atoms with E-state index in [1.54, 1.807) is 28.0 Å². The normalized spacial score (nSPS) is 13.1. The lowest BCUT2D eigenvalue weighted by molar-refractivity contribution is 0.102. The largest absolute Gasteiger partial charge is 0.494 e. The van der Waals surface area contributed by atoms with E-state index in [4.69, 9.17) is 9.72 Å². The number of benzene rings is 2. The van der Waals surface area contributed by atoms with Gasteiger partial charge in [0.05, 0.1) is 23.4 Å². The Hall–Kier alpha value is -2.42. The van der Waals surface area contributed by atoms with Gasteiger partial charge in [0.2, 0.25) is 0 Å². The monoisotopic (exact) mass is 554 g/mol. The maximum absolute atomic E-state index is 13.8. The third-order valence-electron chi connectivity index (χ3n) is 5.86. The predicted molar refractivity (Wildman–Crippen MR) is 142 cm³/mol. The molecule has 0 N–H and O–H groups in total. The average molecular weight is 556 g/mol. The predicted octanol–water partition coefficient (Wildman–Crippen LogP) is 6.46. The third kappa shape index (κ3) is 4.59. The van der Waals surface area contributed by atoms with Crippen molar-refractivity contribution >= 4 is 55.0 Å². The maximum Gasteiger partial charge on any atom is 0.267 e. The average Bonchev–Trinajstić information content (AvgIpc) is 3.22. The number of ketones is 1. The van der Waals surface area contributed by atoms with Gasteiger partial charge in [-0.2, -0.15) is 0 Å². The van der Waals surface area contributed by atoms with E-state index in [1.807, 2.05) is 43.3 Å². The summed E-state index contributed by atoms with van der Waals surface area (Å²) < 4.78 is 8.15. The van der Waals surface area contributed by atoms with Crippen molar-refractivity contribution in [2.75, 3.05) is 12.4 Å². The number of ether oxygens (including phenoxy) is 1. The lowest BCUT2D eigenvalue weighted by Gasteiger charge is -2.14. The second-order valence-electron chi connectivity index (χ2n) is 8.07. The molecule has 0 amide bonds. The lowest BCUT2D eigenvalue weighted by Crippen LogP contribution is -2.22. The summed E-state index contributed by atoms with van der Waals surface area (Å²) in [6.07, 6.45) is 4.17.